The molecule has 2 aromatic heterocycles. The maximum atomic E-state index is 12.7. The molecule has 3 heterocycles. The van der Waals surface area contributed by atoms with Crippen molar-refractivity contribution in [2.24, 2.45) is 0 Å². The molecule has 1 aliphatic rings. The predicted molar refractivity (Wildman–Crippen MR) is 117 cm³/mol. The smallest absolute Gasteiger partial charge is 0.255 e. The van der Waals surface area contributed by atoms with Gasteiger partial charge in [0.2, 0.25) is 5.91 Å². The molecule has 0 radical (unpaired) electrons. The minimum absolute atomic E-state index is 0.0183. The molecule has 2 aromatic carbocycles. The van der Waals surface area contributed by atoms with E-state index in [9.17, 15) is 9.59 Å². The molecule has 0 saturated heterocycles. The van der Waals surface area contributed by atoms with Crippen molar-refractivity contribution in [2.45, 2.75) is 19.4 Å². The summed E-state index contributed by atoms with van der Waals surface area (Å²) in [4.78, 5) is 28.7. The lowest BCUT2D eigenvalue weighted by atomic mass is 10.0. The van der Waals surface area contributed by atoms with Gasteiger partial charge >= 0.3 is 0 Å². The third kappa shape index (κ3) is 4.11. The van der Waals surface area contributed by atoms with Crippen LogP contribution in [-0.2, 0) is 17.8 Å². The predicted octanol–water partition coefficient (Wildman–Crippen LogP) is 4.05. The van der Waals surface area contributed by atoms with Crippen LogP contribution in [-0.4, -0.2) is 21.2 Å². The van der Waals surface area contributed by atoms with Crippen LogP contribution in [0.5, 0.6) is 5.75 Å². The average molecular weight is 412 g/mol. The summed E-state index contributed by atoms with van der Waals surface area (Å²) in [7, 11) is 0. The average Bonchev–Trinajstić information content (AvgIpc) is 3.21. The topological polar surface area (TPSA) is 84.7 Å². The SMILES string of the molecule is O=C1CCc2cc(NC(=O)c3cccc(OCc4cn5ccccc5n4)c3)ccc2N1. The number of nitrogens with one attached hydrogen (secondary N) is 2. The van der Waals surface area contributed by atoms with Crippen molar-refractivity contribution in [2.75, 3.05) is 10.6 Å². The first kappa shape index (κ1) is 18.9. The summed E-state index contributed by atoms with van der Waals surface area (Å²) in [6, 6.07) is 18.4. The Morgan fingerprint density at radius 2 is 2.03 bits per heavy atom. The molecule has 0 spiro atoms. The lowest BCUT2D eigenvalue weighted by molar-refractivity contribution is -0.116. The lowest BCUT2D eigenvalue weighted by Gasteiger charge is -2.17. The second-order valence-electron chi connectivity index (χ2n) is 7.39. The Balaban J connectivity index is 1.26. The van der Waals surface area contributed by atoms with Crippen LogP contribution in [0.15, 0.2) is 73.1 Å². The van der Waals surface area contributed by atoms with Crippen molar-refractivity contribution in [1.82, 2.24) is 9.38 Å². The summed E-state index contributed by atoms with van der Waals surface area (Å²) >= 11 is 0. The Bertz CT molecular complexity index is 1260. The molecular formula is C24H20N4O3. The van der Waals surface area contributed by atoms with Crippen LogP contribution in [0, 0.1) is 0 Å². The fourth-order valence-electron chi connectivity index (χ4n) is 3.61. The highest BCUT2D eigenvalue weighted by atomic mass is 16.5. The van der Waals surface area contributed by atoms with Gasteiger partial charge in [-0.05, 0) is 60.5 Å². The summed E-state index contributed by atoms with van der Waals surface area (Å²) in [6.07, 6.45) is 4.98. The molecule has 0 bridgehead atoms. The van der Waals surface area contributed by atoms with Crippen LogP contribution in [0.25, 0.3) is 5.65 Å². The molecular weight excluding hydrogens is 392 g/mol. The summed E-state index contributed by atoms with van der Waals surface area (Å²) in [5.74, 6) is 0.389. The molecule has 4 aromatic rings. The summed E-state index contributed by atoms with van der Waals surface area (Å²) < 4.78 is 7.79. The highest BCUT2D eigenvalue weighted by Crippen LogP contribution is 2.26. The molecule has 5 rings (SSSR count). The van der Waals surface area contributed by atoms with Gasteiger partial charge in [0.25, 0.3) is 5.91 Å². The second-order valence-corrected chi connectivity index (χ2v) is 7.39. The van der Waals surface area contributed by atoms with E-state index in [1.54, 1.807) is 24.3 Å². The summed E-state index contributed by atoms with van der Waals surface area (Å²) in [5, 5.41) is 5.76. The molecule has 7 heteroatoms. The first-order valence-corrected chi connectivity index (χ1v) is 10.0. The third-order valence-electron chi connectivity index (χ3n) is 5.16. The first-order valence-electron chi connectivity index (χ1n) is 10.0. The fraction of sp³-hybridized carbons (Fsp3) is 0.125. The number of carbonyl (C=O) groups excluding carboxylic acids is 2. The van der Waals surface area contributed by atoms with E-state index in [-0.39, 0.29) is 11.8 Å². The van der Waals surface area contributed by atoms with E-state index >= 15 is 0 Å². The Morgan fingerprint density at radius 3 is 2.94 bits per heavy atom. The second kappa shape index (κ2) is 7.95. The zero-order valence-corrected chi connectivity index (χ0v) is 16.7. The van der Waals surface area contributed by atoms with Crippen LogP contribution < -0.4 is 15.4 Å². The molecule has 0 fully saturated rings. The minimum Gasteiger partial charge on any atom is -0.487 e. The van der Waals surface area contributed by atoms with E-state index in [0.29, 0.717) is 36.4 Å². The van der Waals surface area contributed by atoms with Crippen LogP contribution in [0.1, 0.15) is 28.0 Å². The number of anilines is 2. The fourth-order valence-corrected chi connectivity index (χ4v) is 3.61. The molecule has 7 nitrogen and oxygen atoms in total. The van der Waals surface area contributed by atoms with Crippen LogP contribution in [0.4, 0.5) is 11.4 Å². The quantitative estimate of drug-likeness (QED) is 0.518. The van der Waals surface area contributed by atoms with Crippen LogP contribution >= 0.6 is 0 Å². The van der Waals surface area contributed by atoms with E-state index in [1.165, 1.54) is 0 Å². The zero-order chi connectivity index (χ0) is 21.2. The normalized spacial score (nSPS) is 12.8. The zero-order valence-electron chi connectivity index (χ0n) is 16.7. The van der Waals surface area contributed by atoms with Crippen molar-refractivity contribution in [3.8, 4) is 5.75 Å². The van der Waals surface area contributed by atoms with E-state index in [1.807, 2.05) is 53.2 Å². The molecule has 2 N–H and O–H groups in total. The number of pyridine rings is 1. The van der Waals surface area contributed by atoms with Gasteiger partial charge < -0.3 is 19.8 Å². The van der Waals surface area contributed by atoms with E-state index in [0.717, 1.165) is 22.6 Å². The van der Waals surface area contributed by atoms with Crippen molar-refractivity contribution in [1.29, 1.82) is 0 Å². The number of hydrogen-bond acceptors (Lipinski definition) is 4. The number of rotatable bonds is 5. The van der Waals surface area contributed by atoms with Crippen LogP contribution in [0.2, 0.25) is 0 Å². The van der Waals surface area contributed by atoms with Crippen molar-refractivity contribution in [3.05, 3.63) is 89.9 Å². The largest absolute Gasteiger partial charge is 0.487 e. The van der Waals surface area contributed by atoms with Crippen molar-refractivity contribution >= 4 is 28.8 Å². The van der Waals surface area contributed by atoms with Gasteiger partial charge in [-0.25, -0.2) is 4.98 Å². The van der Waals surface area contributed by atoms with Crippen molar-refractivity contribution in [3.63, 3.8) is 0 Å². The Hall–Kier alpha value is -4.13. The summed E-state index contributed by atoms with van der Waals surface area (Å²) in [6.45, 7) is 0.309. The van der Waals surface area contributed by atoms with Gasteiger partial charge in [-0.15, -0.1) is 0 Å². The van der Waals surface area contributed by atoms with E-state index < -0.39 is 0 Å². The monoisotopic (exact) mass is 412 g/mol. The standard InChI is InChI=1S/C24H20N4O3/c29-23-10-7-16-12-18(8-9-21(16)27-23)26-24(30)17-4-3-5-20(13-17)31-15-19-14-28-11-2-1-6-22(28)25-19/h1-6,8-9,11-14H,7,10,15H2,(H,26,30)(H,27,29). The highest BCUT2D eigenvalue weighted by Gasteiger charge is 2.16. The van der Waals surface area contributed by atoms with E-state index in [2.05, 4.69) is 15.6 Å². The number of amides is 2. The first-order chi connectivity index (χ1) is 15.1. The van der Waals surface area contributed by atoms with Gasteiger partial charge in [0.15, 0.2) is 0 Å². The van der Waals surface area contributed by atoms with Gasteiger partial charge in [-0.3, -0.25) is 9.59 Å². The number of nitrogens with zero attached hydrogens (tertiary/aromatic N) is 2. The number of hydrogen-bond donors (Lipinski definition) is 2. The Kier molecular flexibility index (Phi) is 4.84. The van der Waals surface area contributed by atoms with Gasteiger partial charge in [-0.1, -0.05) is 12.1 Å². The number of imidazole rings is 1. The minimum atomic E-state index is -0.224. The maximum Gasteiger partial charge on any atom is 0.255 e. The Labute approximate surface area is 178 Å². The van der Waals surface area contributed by atoms with Crippen molar-refractivity contribution < 1.29 is 14.3 Å². The lowest BCUT2D eigenvalue weighted by Crippen LogP contribution is -2.19. The number of ether oxygens (including phenoxy) is 1. The molecule has 0 saturated carbocycles. The van der Waals surface area contributed by atoms with Gasteiger partial charge in [0.1, 0.15) is 18.0 Å². The maximum absolute atomic E-state index is 12.7. The third-order valence-corrected chi connectivity index (χ3v) is 5.16. The molecule has 0 atom stereocenters. The molecule has 0 unspecified atom stereocenters. The number of fused-ring (bicyclic) bond motifs is 2. The van der Waals surface area contributed by atoms with E-state index in [4.69, 9.17) is 4.74 Å². The number of carbonyl (C=O) groups is 2. The summed E-state index contributed by atoms with van der Waals surface area (Å²) in [5.41, 5.74) is 4.68. The Morgan fingerprint density at radius 1 is 1.10 bits per heavy atom. The molecule has 31 heavy (non-hydrogen) atoms. The molecule has 2 amide bonds. The highest BCUT2D eigenvalue weighted by molar-refractivity contribution is 6.05. The van der Waals surface area contributed by atoms with Gasteiger partial charge in [0.05, 0.1) is 5.69 Å². The molecule has 1 aliphatic heterocycles. The molecule has 154 valence electrons. The number of aromatic nitrogens is 2. The molecule has 0 aliphatic carbocycles. The number of benzene rings is 2. The van der Waals surface area contributed by atoms with Gasteiger partial charge in [-0.2, -0.15) is 0 Å². The van der Waals surface area contributed by atoms with Gasteiger partial charge in [0, 0.05) is 35.8 Å². The number of aryl methyl sites for hydroxylation is 1. The van der Waals surface area contributed by atoms with Crippen LogP contribution in [0.3, 0.4) is 0 Å².